The van der Waals surface area contributed by atoms with Crippen molar-refractivity contribution in [3.8, 4) is 0 Å². The summed E-state index contributed by atoms with van der Waals surface area (Å²) >= 11 is 1.79. The number of carbonyl (C=O) groups is 2. The number of nitrogens with one attached hydrogen (secondary N) is 2. The van der Waals surface area contributed by atoms with Gasteiger partial charge < -0.3 is 10.6 Å². The average Bonchev–Trinajstić information content (AvgIpc) is 2.65. The lowest BCUT2D eigenvalue weighted by Gasteiger charge is -2.32. The predicted molar refractivity (Wildman–Crippen MR) is 107 cm³/mol. The first kappa shape index (κ1) is 20.8. The zero-order valence-electron chi connectivity index (χ0n) is 16.1. The standard InChI is InChI=1S/C20H31N3O2S/c1-15(2)12-21-19(24)20(25)22-13-16-8-10-23(11-9-16)14-17-6-4-5-7-18(17)26-3/h4-7,15-16H,8-14H2,1-3H3,(H,21,24)(H,22,25). The van der Waals surface area contributed by atoms with Crippen molar-refractivity contribution in [2.24, 2.45) is 11.8 Å². The molecule has 2 N–H and O–H groups in total. The van der Waals surface area contributed by atoms with Gasteiger partial charge in [-0.1, -0.05) is 32.0 Å². The topological polar surface area (TPSA) is 61.4 Å². The van der Waals surface area contributed by atoms with Crippen LogP contribution in [0.3, 0.4) is 0 Å². The number of hydrogen-bond acceptors (Lipinski definition) is 4. The third kappa shape index (κ3) is 6.65. The Labute approximate surface area is 161 Å². The molecule has 0 unspecified atom stereocenters. The second kappa shape index (κ2) is 10.6. The van der Waals surface area contributed by atoms with Crippen molar-refractivity contribution in [3.63, 3.8) is 0 Å². The molecule has 1 aliphatic rings. The van der Waals surface area contributed by atoms with Crippen LogP contribution in [0.1, 0.15) is 32.3 Å². The van der Waals surface area contributed by atoms with Crippen molar-refractivity contribution in [1.29, 1.82) is 0 Å². The number of amides is 2. The first-order chi connectivity index (χ1) is 12.5. The van der Waals surface area contributed by atoms with Crippen molar-refractivity contribution in [2.45, 2.75) is 38.1 Å². The van der Waals surface area contributed by atoms with Crippen LogP contribution in [0.4, 0.5) is 0 Å². The van der Waals surface area contributed by atoms with Crippen molar-refractivity contribution in [3.05, 3.63) is 29.8 Å². The lowest BCUT2D eigenvalue weighted by molar-refractivity contribution is -0.139. The van der Waals surface area contributed by atoms with Crippen LogP contribution in [0.5, 0.6) is 0 Å². The molecule has 2 rings (SSSR count). The molecule has 2 amide bonds. The van der Waals surface area contributed by atoms with E-state index in [2.05, 4.69) is 46.1 Å². The largest absolute Gasteiger partial charge is 0.348 e. The summed E-state index contributed by atoms with van der Waals surface area (Å²) in [5.41, 5.74) is 1.38. The fourth-order valence-corrected chi connectivity index (χ4v) is 3.73. The molecule has 144 valence electrons. The van der Waals surface area contributed by atoms with Gasteiger partial charge in [0.1, 0.15) is 0 Å². The number of rotatable bonds is 7. The van der Waals surface area contributed by atoms with Gasteiger partial charge in [0.05, 0.1) is 0 Å². The van der Waals surface area contributed by atoms with E-state index >= 15 is 0 Å². The normalized spacial score (nSPS) is 15.8. The highest BCUT2D eigenvalue weighted by atomic mass is 32.2. The maximum atomic E-state index is 11.8. The molecule has 1 heterocycles. The van der Waals surface area contributed by atoms with E-state index in [9.17, 15) is 9.59 Å². The summed E-state index contributed by atoms with van der Waals surface area (Å²) in [5, 5.41) is 5.44. The number of hydrogen-bond donors (Lipinski definition) is 2. The maximum absolute atomic E-state index is 11.8. The zero-order valence-corrected chi connectivity index (χ0v) is 16.9. The van der Waals surface area contributed by atoms with Gasteiger partial charge in [-0.15, -0.1) is 11.8 Å². The Morgan fingerprint density at radius 2 is 1.81 bits per heavy atom. The monoisotopic (exact) mass is 377 g/mol. The van der Waals surface area contributed by atoms with Crippen molar-refractivity contribution in [1.82, 2.24) is 15.5 Å². The van der Waals surface area contributed by atoms with Gasteiger partial charge >= 0.3 is 11.8 Å². The first-order valence-corrected chi connectivity index (χ1v) is 10.6. The van der Waals surface area contributed by atoms with Crippen LogP contribution in [0.2, 0.25) is 0 Å². The molecule has 1 aromatic carbocycles. The van der Waals surface area contributed by atoms with Crippen molar-refractivity contribution in [2.75, 3.05) is 32.4 Å². The third-order valence-corrected chi connectivity index (χ3v) is 5.56. The molecule has 0 spiro atoms. The quantitative estimate of drug-likeness (QED) is 0.566. The lowest BCUT2D eigenvalue weighted by Crippen LogP contribution is -2.44. The minimum atomic E-state index is -0.523. The Balaban J connectivity index is 1.70. The molecule has 1 fully saturated rings. The number of benzene rings is 1. The molecule has 1 saturated heterocycles. The van der Waals surface area contributed by atoms with Crippen LogP contribution in [0, 0.1) is 11.8 Å². The third-order valence-electron chi connectivity index (χ3n) is 4.72. The van der Waals surface area contributed by atoms with Crippen LogP contribution >= 0.6 is 11.8 Å². The second-order valence-corrected chi connectivity index (χ2v) is 8.19. The zero-order chi connectivity index (χ0) is 18.9. The van der Waals surface area contributed by atoms with E-state index in [1.54, 1.807) is 11.8 Å². The molecule has 0 saturated carbocycles. The summed E-state index contributed by atoms with van der Waals surface area (Å²) in [6.45, 7) is 8.16. The van der Waals surface area contributed by atoms with Gasteiger partial charge in [0.25, 0.3) is 0 Å². The number of likely N-dealkylation sites (tertiary alicyclic amines) is 1. The first-order valence-electron chi connectivity index (χ1n) is 9.40. The molecular weight excluding hydrogens is 346 g/mol. The summed E-state index contributed by atoms with van der Waals surface area (Å²) in [6.07, 6.45) is 4.22. The Bertz CT molecular complexity index is 598. The Morgan fingerprint density at radius 1 is 1.15 bits per heavy atom. The van der Waals surface area contributed by atoms with Gasteiger partial charge in [0, 0.05) is 24.5 Å². The Morgan fingerprint density at radius 3 is 2.46 bits per heavy atom. The average molecular weight is 378 g/mol. The molecule has 0 radical (unpaired) electrons. The van der Waals surface area contributed by atoms with E-state index in [-0.39, 0.29) is 0 Å². The van der Waals surface area contributed by atoms with E-state index < -0.39 is 11.8 Å². The molecule has 6 heteroatoms. The molecule has 0 bridgehead atoms. The summed E-state index contributed by atoms with van der Waals surface area (Å²) in [6, 6.07) is 8.56. The summed E-state index contributed by atoms with van der Waals surface area (Å²) in [5.74, 6) is -0.247. The fourth-order valence-electron chi connectivity index (χ4n) is 3.12. The van der Waals surface area contributed by atoms with Gasteiger partial charge in [0.2, 0.25) is 0 Å². The second-order valence-electron chi connectivity index (χ2n) is 7.35. The molecule has 26 heavy (non-hydrogen) atoms. The highest BCUT2D eigenvalue weighted by Crippen LogP contribution is 2.24. The van der Waals surface area contributed by atoms with Gasteiger partial charge in [-0.3, -0.25) is 14.5 Å². The highest BCUT2D eigenvalue weighted by molar-refractivity contribution is 7.98. The smallest absolute Gasteiger partial charge is 0.309 e. The molecular formula is C20H31N3O2S. The number of piperidine rings is 1. The van der Waals surface area contributed by atoms with Crippen LogP contribution < -0.4 is 10.6 Å². The van der Waals surface area contributed by atoms with Crippen LogP contribution in [0.15, 0.2) is 29.2 Å². The summed E-state index contributed by atoms with van der Waals surface area (Å²) < 4.78 is 0. The van der Waals surface area contributed by atoms with Crippen molar-refractivity contribution < 1.29 is 9.59 Å². The van der Waals surface area contributed by atoms with E-state index in [1.807, 2.05) is 13.8 Å². The molecule has 0 aromatic heterocycles. The van der Waals surface area contributed by atoms with Gasteiger partial charge in [-0.05, 0) is 55.7 Å². The lowest BCUT2D eigenvalue weighted by atomic mass is 9.96. The van der Waals surface area contributed by atoms with Gasteiger partial charge in [0.15, 0.2) is 0 Å². The molecule has 0 aliphatic carbocycles. The van der Waals surface area contributed by atoms with Crippen LogP contribution in [0.25, 0.3) is 0 Å². The number of nitrogens with zero attached hydrogens (tertiary/aromatic N) is 1. The Kier molecular flexibility index (Phi) is 8.45. The van der Waals surface area contributed by atoms with E-state index in [4.69, 9.17) is 0 Å². The van der Waals surface area contributed by atoms with E-state index in [0.717, 1.165) is 32.5 Å². The molecule has 1 aliphatic heterocycles. The van der Waals surface area contributed by atoms with Crippen LogP contribution in [-0.2, 0) is 16.1 Å². The van der Waals surface area contributed by atoms with Crippen molar-refractivity contribution >= 4 is 23.6 Å². The molecule has 1 aromatic rings. The van der Waals surface area contributed by atoms with Crippen LogP contribution in [-0.4, -0.2) is 49.1 Å². The minimum absolute atomic E-state index is 0.340. The summed E-state index contributed by atoms with van der Waals surface area (Å²) in [7, 11) is 0. The minimum Gasteiger partial charge on any atom is -0.348 e. The Hall–Kier alpha value is -1.53. The molecule has 5 nitrogen and oxygen atoms in total. The number of thioether (sulfide) groups is 1. The summed E-state index contributed by atoms with van der Waals surface area (Å²) in [4.78, 5) is 27.4. The van der Waals surface area contributed by atoms with E-state index in [1.165, 1.54) is 10.5 Å². The SMILES string of the molecule is CSc1ccccc1CN1CCC(CNC(=O)C(=O)NCC(C)C)CC1. The fraction of sp³-hybridized carbons (Fsp3) is 0.600. The molecule has 0 atom stereocenters. The van der Waals surface area contributed by atoms with E-state index in [0.29, 0.717) is 24.9 Å². The van der Waals surface area contributed by atoms with Gasteiger partial charge in [-0.25, -0.2) is 0 Å². The van der Waals surface area contributed by atoms with Gasteiger partial charge in [-0.2, -0.15) is 0 Å². The maximum Gasteiger partial charge on any atom is 0.309 e. The predicted octanol–water partition coefficient (Wildman–Crippen LogP) is 2.51. The number of carbonyl (C=O) groups excluding carboxylic acids is 2. The highest BCUT2D eigenvalue weighted by Gasteiger charge is 2.21.